The lowest BCUT2D eigenvalue weighted by atomic mass is 9.84. The quantitative estimate of drug-likeness (QED) is 0.505. The second kappa shape index (κ2) is 1.65. The van der Waals surface area contributed by atoms with Gasteiger partial charge in [0, 0.05) is 0 Å². The van der Waals surface area contributed by atoms with E-state index in [1.165, 1.54) is 12.0 Å². The van der Waals surface area contributed by atoms with Gasteiger partial charge in [-0.3, -0.25) is 0 Å². The van der Waals surface area contributed by atoms with Gasteiger partial charge in [-0.05, 0) is 30.6 Å². The number of allylic oxidation sites excluding steroid dienone is 1. The fourth-order valence-electron chi connectivity index (χ4n) is 2.17. The van der Waals surface area contributed by atoms with Crippen LogP contribution in [0.5, 0.6) is 0 Å². The summed E-state index contributed by atoms with van der Waals surface area (Å²) < 4.78 is 0. The molecule has 0 spiro atoms. The van der Waals surface area contributed by atoms with E-state index in [9.17, 15) is 5.11 Å². The van der Waals surface area contributed by atoms with Crippen molar-refractivity contribution in [3.8, 4) is 0 Å². The van der Waals surface area contributed by atoms with Gasteiger partial charge in [0.1, 0.15) is 0 Å². The first-order valence-corrected chi connectivity index (χ1v) is 4.01. The van der Waals surface area contributed by atoms with Gasteiger partial charge in [-0.25, -0.2) is 0 Å². The molecule has 2 aliphatic rings. The first-order valence-electron chi connectivity index (χ1n) is 4.01. The molecule has 1 nitrogen and oxygen atoms in total. The maximum atomic E-state index is 9.46. The van der Waals surface area contributed by atoms with Crippen LogP contribution in [0.15, 0.2) is 12.2 Å². The van der Waals surface area contributed by atoms with Gasteiger partial charge in [-0.2, -0.15) is 0 Å². The topological polar surface area (TPSA) is 20.2 Å². The molecule has 0 bridgehead atoms. The molecule has 0 amide bonds. The van der Waals surface area contributed by atoms with Gasteiger partial charge in [0.15, 0.2) is 0 Å². The highest BCUT2D eigenvalue weighted by atomic mass is 16.3. The van der Waals surface area contributed by atoms with Crippen LogP contribution in [0.4, 0.5) is 0 Å². The fourth-order valence-corrected chi connectivity index (χ4v) is 2.17. The van der Waals surface area contributed by atoms with E-state index < -0.39 is 0 Å². The van der Waals surface area contributed by atoms with Crippen LogP contribution < -0.4 is 0 Å². The summed E-state index contributed by atoms with van der Waals surface area (Å²) in [5, 5.41) is 9.46. The van der Waals surface area contributed by atoms with Gasteiger partial charge in [0.2, 0.25) is 0 Å². The highest BCUT2D eigenvalue weighted by molar-refractivity contribution is 5.25. The normalized spacial score (nSPS) is 52.4. The third-order valence-corrected chi connectivity index (χ3v) is 3.32. The summed E-state index contributed by atoms with van der Waals surface area (Å²) in [5.41, 5.74) is 1.69. The molecule has 10 heavy (non-hydrogen) atoms. The monoisotopic (exact) mass is 138 g/mol. The van der Waals surface area contributed by atoms with E-state index in [0.29, 0.717) is 11.3 Å². The summed E-state index contributed by atoms with van der Waals surface area (Å²) in [7, 11) is 0. The molecule has 1 heteroatoms. The van der Waals surface area contributed by atoms with E-state index in [2.05, 4.69) is 13.5 Å². The predicted molar refractivity (Wildman–Crippen MR) is 40.6 cm³/mol. The molecule has 3 atom stereocenters. The first kappa shape index (κ1) is 6.41. The minimum Gasteiger partial charge on any atom is -0.393 e. The van der Waals surface area contributed by atoms with Crippen molar-refractivity contribution < 1.29 is 5.11 Å². The maximum absolute atomic E-state index is 9.46. The smallest absolute Gasteiger partial charge is 0.0580 e. The third-order valence-electron chi connectivity index (χ3n) is 3.32. The lowest BCUT2D eigenvalue weighted by molar-refractivity contribution is 0.115. The summed E-state index contributed by atoms with van der Waals surface area (Å²) in [6, 6.07) is 0. The van der Waals surface area contributed by atoms with Crippen molar-refractivity contribution in [2.45, 2.75) is 32.3 Å². The van der Waals surface area contributed by atoms with Crippen molar-refractivity contribution in [2.75, 3.05) is 0 Å². The predicted octanol–water partition coefficient (Wildman–Crippen LogP) is 1.72. The molecule has 0 aromatic carbocycles. The Balaban J connectivity index is 2.19. The average Bonchev–Trinajstić information content (AvgIpc) is 2.56. The molecule has 56 valence electrons. The van der Waals surface area contributed by atoms with E-state index >= 15 is 0 Å². The molecule has 0 saturated heterocycles. The Labute approximate surface area is 61.8 Å². The van der Waals surface area contributed by atoms with Crippen molar-refractivity contribution in [1.82, 2.24) is 0 Å². The third kappa shape index (κ3) is 0.615. The van der Waals surface area contributed by atoms with Crippen molar-refractivity contribution in [3.05, 3.63) is 12.2 Å². The van der Waals surface area contributed by atoms with E-state index in [1.807, 2.05) is 0 Å². The average molecular weight is 138 g/mol. The number of aliphatic hydroxyl groups is 1. The van der Waals surface area contributed by atoms with Gasteiger partial charge in [-0.1, -0.05) is 19.1 Å². The molecular formula is C9H14O. The standard InChI is InChI=1S/C9H14O/c1-6-3-4-8(10)7-5-9(6,7)2/h7-8,10H,1,3-5H2,2H3. The molecular weight excluding hydrogens is 124 g/mol. The molecule has 2 rings (SSSR count). The number of aliphatic hydroxyl groups excluding tert-OH is 1. The first-order chi connectivity index (χ1) is 4.64. The Morgan fingerprint density at radius 3 is 3.00 bits per heavy atom. The second-order valence-electron chi connectivity index (χ2n) is 3.94. The molecule has 0 aliphatic heterocycles. The highest BCUT2D eigenvalue weighted by Gasteiger charge is 2.57. The summed E-state index contributed by atoms with van der Waals surface area (Å²) >= 11 is 0. The number of rotatable bonds is 0. The van der Waals surface area contributed by atoms with E-state index in [4.69, 9.17) is 0 Å². The maximum Gasteiger partial charge on any atom is 0.0580 e. The molecule has 2 saturated carbocycles. The van der Waals surface area contributed by atoms with Gasteiger partial charge >= 0.3 is 0 Å². The zero-order chi connectivity index (χ0) is 7.35. The summed E-state index contributed by atoms with van der Waals surface area (Å²) in [5.74, 6) is 0.550. The van der Waals surface area contributed by atoms with E-state index in [-0.39, 0.29) is 6.10 Å². The van der Waals surface area contributed by atoms with Gasteiger partial charge in [-0.15, -0.1) is 0 Å². The molecule has 3 unspecified atom stereocenters. The Morgan fingerprint density at radius 2 is 2.40 bits per heavy atom. The molecule has 1 N–H and O–H groups in total. The van der Waals surface area contributed by atoms with Crippen LogP contribution in [-0.2, 0) is 0 Å². The van der Waals surface area contributed by atoms with Crippen molar-refractivity contribution >= 4 is 0 Å². The minimum absolute atomic E-state index is 0.0319. The summed E-state index contributed by atoms with van der Waals surface area (Å²) in [6.45, 7) is 6.26. The van der Waals surface area contributed by atoms with Gasteiger partial charge < -0.3 is 5.11 Å². The largest absolute Gasteiger partial charge is 0.393 e. The van der Waals surface area contributed by atoms with E-state index in [1.54, 1.807) is 0 Å². The Morgan fingerprint density at radius 1 is 1.70 bits per heavy atom. The molecule has 0 aromatic heterocycles. The van der Waals surface area contributed by atoms with Crippen LogP contribution in [0.3, 0.4) is 0 Å². The molecule has 0 heterocycles. The second-order valence-corrected chi connectivity index (χ2v) is 3.94. The number of fused-ring (bicyclic) bond motifs is 1. The molecule has 0 aromatic rings. The lowest BCUT2D eigenvalue weighted by Gasteiger charge is -2.24. The van der Waals surface area contributed by atoms with Crippen molar-refractivity contribution in [1.29, 1.82) is 0 Å². The van der Waals surface area contributed by atoms with Crippen molar-refractivity contribution in [2.24, 2.45) is 11.3 Å². The minimum atomic E-state index is -0.0319. The van der Waals surface area contributed by atoms with Crippen LogP contribution in [0.2, 0.25) is 0 Å². The lowest BCUT2D eigenvalue weighted by Crippen LogP contribution is -2.21. The van der Waals surface area contributed by atoms with Crippen LogP contribution in [0, 0.1) is 11.3 Å². The van der Waals surface area contributed by atoms with Gasteiger partial charge in [0.05, 0.1) is 6.10 Å². The Kier molecular flexibility index (Phi) is 1.06. The SMILES string of the molecule is C=C1CCC(O)C2CC12C. The van der Waals surface area contributed by atoms with Crippen LogP contribution in [0.1, 0.15) is 26.2 Å². The van der Waals surface area contributed by atoms with Crippen LogP contribution in [0.25, 0.3) is 0 Å². The number of hydrogen-bond donors (Lipinski definition) is 1. The zero-order valence-electron chi connectivity index (χ0n) is 6.43. The van der Waals surface area contributed by atoms with E-state index in [0.717, 1.165) is 12.8 Å². The highest BCUT2D eigenvalue weighted by Crippen LogP contribution is 2.62. The Bertz CT molecular complexity index is 185. The molecule has 2 fully saturated rings. The van der Waals surface area contributed by atoms with Gasteiger partial charge in [0.25, 0.3) is 0 Å². The van der Waals surface area contributed by atoms with Crippen LogP contribution >= 0.6 is 0 Å². The molecule has 2 aliphatic carbocycles. The summed E-state index contributed by atoms with van der Waals surface area (Å²) in [6.07, 6.45) is 3.12. The van der Waals surface area contributed by atoms with Crippen LogP contribution in [-0.4, -0.2) is 11.2 Å². The Hall–Kier alpha value is -0.300. The number of hydrogen-bond acceptors (Lipinski definition) is 1. The zero-order valence-corrected chi connectivity index (χ0v) is 6.43. The molecule has 0 radical (unpaired) electrons. The fraction of sp³-hybridized carbons (Fsp3) is 0.778. The summed E-state index contributed by atoms with van der Waals surface area (Å²) in [4.78, 5) is 0. The van der Waals surface area contributed by atoms with Crippen molar-refractivity contribution in [3.63, 3.8) is 0 Å².